The molecule has 1 aliphatic rings. The summed E-state index contributed by atoms with van der Waals surface area (Å²) in [5, 5.41) is 4.82. The summed E-state index contributed by atoms with van der Waals surface area (Å²) in [6.07, 6.45) is 5.98. The summed E-state index contributed by atoms with van der Waals surface area (Å²) >= 11 is 11.0. The van der Waals surface area contributed by atoms with Crippen molar-refractivity contribution in [2.24, 2.45) is 0 Å². The fraction of sp³-hybridized carbons (Fsp3) is 0.353. The Labute approximate surface area is 164 Å². The summed E-state index contributed by atoms with van der Waals surface area (Å²) in [6, 6.07) is 8.70. The van der Waals surface area contributed by atoms with Crippen molar-refractivity contribution < 1.29 is 0 Å². The molecule has 3 aromatic heterocycles. The maximum absolute atomic E-state index is 5.73. The van der Waals surface area contributed by atoms with Crippen molar-refractivity contribution in [3.05, 3.63) is 50.1 Å². The zero-order valence-corrected chi connectivity index (χ0v) is 17.0. The molecular formula is C17H18BrN5S2. The Hall–Kier alpha value is -1.35. The molecule has 0 aliphatic heterocycles. The predicted octanol–water partition coefficient (Wildman–Crippen LogP) is 4.72. The first kappa shape index (κ1) is 17.1. The van der Waals surface area contributed by atoms with Gasteiger partial charge in [0.05, 0.1) is 10.5 Å². The van der Waals surface area contributed by atoms with Gasteiger partial charge in [0.2, 0.25) is 0 Å². The molecule has 5 nitrogen and oxygen atoms in total. The van der Waals surface area contributed by atoms with Crippen molar-refractivity contribution in [1.29, 1.82) is 0 Å². The zero-order chi connectivity index (χ0) is 17.4. The number of hydrogen-bond donors (Lipinski definition) is 0. The van der Waals surface area contributed by atoms with Gasteiger partial charge in [0, 0.05) is 35.4 Å². The molecule has 0 bridgehead atoms. The molecule has 130 valence electrons. The van der Waals surface area contributed by atoms with Crippen LogP contribution >= 0.6 is 39.5 Å². The minimum atomic E-state index is 0.481. The molecule has 0 aromatic carbocycles. The van der Waals surface area contributed by atoms with Crippen LogP contribution in [0.2, 0.25) is 0 Å². The molecule has 8 heteroatoms. The van der Waals surface area contributed by atoms with E-state index in [-0.39, 0.29) is 0 Å². The number of thiophene rings is 1. The molecule has 0 unspecified atom stereocenters. The van der Waals surface area contributed by atoms with Gasteiger partial charge in [-0.05, 0) is 72.3 Å². The van der Waals surface area contributed by atoms with E-state index in [0.29, 0.717) is 12.7 Å². The van der Waals surface area contributed by atoms with Crippen LogP contribution in [0.4, 0.5) is 0 Å². The summed E-state index contributed by atoms with van der Waals surface area (Å²) in [6.45, 7) is 1.54. The molecule has 0 saturated heterocycles. The summed E-state index contributed by atoms with van der Waals surface area (Å²) < 4.78 is 6.07. The van der Waals surface area contributed by atoms with Crippen LogP contribution in [0, 0.1) is 4.77 Å². The van der Waals surface area contributed by atoms with Crippen LogP contribution < -0.4 is 0 Å². The Bertz CT molecular complexity index is 926. The van der Waals surface area contributed by atoms with E-state index in [1.165, 1.54) is 17.7 Å². The zero-order valence-electron chi connectivity index (χ0n) is 13.8. The fourth-order valence-electron chi connectivity index (χ4n) is 2.85. The van der Waals surface area contributed by atoms with Gasteiger partial charge < -0.3 is 0 Å². The normalized spacial score (nSPS) is 14.4. The molecule has 0 atom stereocenters. The van der Waals surface area contributed by atoms with E-state index >= 15 is 0 Å². The van der Waals surface area contributed by atoms with Crippen LogP contribution in [0.3, 0.4) is 0 Å². The molecule has 1 aliphatic carbocycles. The molecule has 4 rings (SSSR count). The van der Waals surface area contributed by atoms with Gasteiger partial charge in [-0.3, -0.25) is 14.5 Å². The van der Waals surface area contributed by atoms with Gasteiger partial charge in [0.15, 0.2) is 10.6 Å². The molecule has 1 saturated carbocycles. The van der Waals surface area contributed by atoms with Gasteiger partial charge >= 0.3 is 0 Å². The average molecular weight is 436 g/mol. The second-order valence-corrected chi connectivity index (χ2v) is 9.22. The van der Waals surface area contributed by atoms with Crippen molar-refractivity contribution in [3.8, 4) is 11.4 Å². The largest absolute Gasteiger partial charge is 0.297 e. The first-order valence-corrected chi connectivity index (χ1v) is 10.2. The van der Waals surface area contributed by atoms with E-state index < -0.39 is 0 Å². The summed E-state index contributed by atoms with van der Waals surface area (Å²) in [5.74, 6) is 0.924. The molecule has 0 radical (unpaired) electrons. The van der Waals surface area contributed by atoms with E-state index in [9.17, 15) is 0 Å². The lowest BCUT2D eigenvalue weighted by Gasteiger charge is -2.15. The van der Waals surface area contributed by atoms with Crippen molar-refractivity contribution in [3.63, 3.8) is 0 Å². The Morgan fingerprint density at radius 3 is 2.84 bits per heavy atom. The van der Waals surface area contributed by atoms with Crippen molar-refractivity contribution in [2.45, 2.75) is 32.1 Å². The van der Waals surface area contributed by atoms with Crippen molar-refractivity contribution >= 4 is 39.5 Å². The predicted molar refractivity (Wildman–Crippen MR) is 106 cm³/mol. The standard InChI is InChI=1S/C17H18BrN5S2/c1-21(10-14-6-7-15(18)25-14)11-22-17(24)23(13-4-5-13)16(20-22)12-3-2-8-19-9-12/h2-3,6-9,13H,4-5,10-11H2,1H3. The van der Waals surface area contributed by atoms with Gasteiger partial charge in [-0.1, -0.05) is 0 Å². The Morgan fingerprint density at radius 1 is 1.36 bits per heavy atom. The van der Waals surface area contributed by atoms with Crippen LogP contribution in [-0.2, 0) is 13.2 Å². The maximum atomic E-state index is 5.73. The maximum Gasteiger partial charge on any atom is 0.199 e. The van der Waals surface area contributed by atoms with Crippen LogP contribution in [-0.4, -0.2) is 31.3 Å². The minimum Gasteiger partial charge on any atom is -0.297 e. The lowest BCUT2D eigenvalue weighted by molar-refractivity contribution is 0.246. The van der Waals surface area contributed by atoms with Crippen LogP contribution in [0.15, 0.2) is 40.4 Å². The van der Waals surface area contributed by atoms with Crippen LogP contribution in [0.25, 0.3) is 11.4 Å². The highest BCUT2D eigenvalue weighted by molar-refractivity contribution is 9.11. The third kappa shape index (κ3) is 3.76. The molecule has 0 amide bonds. The van der Waals surface area contributed by atoms with Crippen molar-refractivity contribution in [2.75, 3.05) is 7.05 Å². The van der Waals surface area contributed by atoms with E-state index in [4.69, 9.17) is 17.3 Å². The minimum absolute atomic E-state index is 0.481. The molecule has 3 aromatic rings. The van der Waals surface area contributed by atoms with Gasteiger partial charge in [0.1, 0.15) is 0 Å². The average Bonchev–Trinajstić information content (AvgIpc) is 3.28. The van der Waals surface area contributed by atoms with Crippen LogP contribution in [0.5, 0.6) is 0 Å². The third-order valence-corrected chi connectivity index (χ3v) is 6.15. The molecule has 25 heavy (non-hydrogen) atoms. The smallest absolute Gasteiger partial charge is 0.199 e. The quantitative estimate of drug-likeness (QED) is 0.524. The summed E-state index contributed by atoms with van der Waals surface area (Å²) in [4.78, 5) is 7.77. The van der Waals surface area contributed by atoms with E-state index in [1.54, 1.807) is 17.5 Å². The lowest BCUT2D eigenvalue weighted by atomic mass is 10.3. The molecule has 0 spiro atoms. The van der Waals surface area contributed by atoms with Crippen molar-refractivity contribution in [1.82, 2.24) is 24.2 Å². The Balaban J connectivity index is 1.60. The summed E-state index contributed by atoms with van der Waals surface area (Å²) in [5.41, 5.74) is 1.02. The second-order valence-electron chi connectivity index (χ2n) is 6.31. The van der Waals surface area contributed by atoms with Crippen LogP contribution in [0.1, 0.15) is 23.8 Å². The SMILES string of the molecule is CN(Cc1ccc(Br)s1)Cn1nc(-c2cccnc2)n(C2CC2)c1=S. The number of rotatable bonds is 6. The Morgan fingerprint density at radius 2 is 2.20 bits per heavy atom. The number of halogens is 1. The topological polar surface area (TPSA) is 38.9 Å². The van der Waals surface area contributed by atoms with Gasteiger partial charge in [-0.2, -0.15) is 5.10 Å². The van der Waals surface area contributed by atoms with E-state index in [0.717, 1.165) is 26.5 Å². The van der Waals surface area contributed by atoms with Gasteiger partial charge in [0.25, 0.3) is 0 Å². The number of pyridine rings is 1. The third-order valence-electron chi connectivity index (χ3n) is 4.13. The van der Waals surface area contributed by atoms with Gasteiger partial charge in [-0.25, -0.2) is 4.68 Å². The summed E-state index contributed by atoms with van der Waals surface area (Å²) in [7, 11) is 2.09. The lowest BCUT2D eigenvalue weighted by Crippen LogP contribution is -2.22. The first-order chi connectivity index (χ1) is 12.1. The highest BCUT2D eigenvalue weighted by Crippen LogP contribution is 2.38. The van der Waals surface area contributed by atoms with E-state index in [1.807, 2.05) is 23.0 Å². The molecule has 0 N–H and O–H groups in total. The monoisotopic (exact) mass is 435 g/mol. The highest BCUT2D eigenvalue weighted by Gasteiger charge is 2.29. The van der Waals surface area contributed by atoms with E-state index in [2.05, 4.69) is 49.6 Å². The van der Waals surface area contributed by atoms with Gasteiger partial charge in [-0.15, -0.1) is 11.3 Å². The molecule has 1 fully saturated rings. The first-order valence-electron chi connectivity index (χ1n) is 8.14. The Kier molecular flexibility index (Phi) is 4.86. The molecular weight excluding hydrogens is 418 g/mol. The highest BCUT2D eigenvalue weighted by atomic mass is 79.9. The molecule has 3 heterocycles. The second kappa shape index (κ2) is 7.11. The number of aromatic nitrogens is 4. The number of hydrogen-bond acceptors (Lipinski definition) is 5. The fourth-order valence-corrected chi connectivity index (χ4v) is 4.75. The number of nitrogens with zero attached hydrogens (tertiary/aromatic N) is 5.